The van der Waals surface area contributed by atoms with E-state index < -0.39 is 17.5 Å². The van der Waals surface area contributed by atoms with Gasteiger partial charge in [-0.15, -0.1) is 23.1 Å². The van der Waals surface area contributed by atoms with Crippen molar-refractivity contribution in [3.05, 3.63) is 53.0 Å². The van der Waals surface area contributed by atoms with Crippen LogP contribution in [0.4, 0.5) is 0 Å². The predicted molar refractivity (Wildman–Crippen MR) is 138 cm³/mol. The second-order valence-electron chi connectivity index (χ2n) is 9.00. The molecular weight excluding hydrogens is 468 g/mol. The number of carboxylic acids is 1. The van der Waals surface area contributed by atoms with Crippen molar-refractivity contribution >= 4 is 40.0 Å². The molecule has 1 fully saturated rings. The van der Waals surface area contributed by atoms with E-state index in [0.717, 1.165) is 47.4 Å². The van der Waals surface area contributed by atoms with Crippen molar-refractivity contribution in [3.63, 3.8) is 0 Å². The number of benzene rings is 1. The van der Waals surface area contributed by atoms with Gasteiger partial charge in [-0.1, -0.05) is 6.07 Å². The van der Waals surface area contributed by atoms with Crippen LogP contribution in [0.2, 0.25) is 0 Å². The Morgan fingerprint density at radius 3 is 2.79 bits per heavy atom. The number of thiophene rings is 1. The van der Waals surface area contributed by atoms with E-state index in [1.807, 2.05) is 36.9 Å². The number of likely N-dealkylation sites (tertiary alicyclic amines) is 1. The third-order valence-corrected chi connectivity index (χ3v) is 9.07. The summed E-state index contributed by atoms with van der Waals surface area (Å²) in [7, 11) is 1.62. The van der Waals surface area contributed by atoms with Crippen LogP contribution >= 0.6 is 23.1 Å². The van der Waals surface area contributed by atoms with Crippen molar-refractivity contribution in [2.24, 2.45) is 5.41 Å². The summed E-state index contributed by atoms with van der Waals surface area (Å²) in [5.74, 6) is 0.974. The molecule has 1 aromatic carbocycles. The number of aliphatic carboxylic acids is 1. The number of pyridine rings is 1. The minimum Gasteiger partial charge on any atom is -0.497 e. The van der Waals surface area contributed by atoms with E-state index >= 15 is 0 Å². The average Bonchev–Trinajstić information content (AvgIpc) is 3.36. The molecule has 182 valence electrons. The van der Waals surface area contributed by atoms with Crippen LogP contribution in [0, 0.1) is 12.3 Å². The lowest BCUT2D eigenvalue weighted by molar-refractivity contribution is -0.153. The van der Waals surface area contributed by atoms with Crippen molar-refractivity contribution in [2.45, 2.75) is 42.9 Å². The standard InChI is InChI=1S/C26H32N2O4S2/c1-18-17-27-21-6-5-19(32-2)16-20(21)24(18)22(29)7-8-26(25(30)31)9-11-28(12-10-26)13-15-34-23-4-3-14-33-23/h3-6,14,16-17,22,29H,7-13,15H2,1-2H3,(H,30,31)/t22-/m1/s1. The minimum absolute atomic E-state index is 0.400. The first-order valence-corrected chi connectivity index (χ1v) is 13.5. The minimum atomic E-state index is -0.785. The molecule has 2 aromatic heterocycles. The highest BCUT2D eigenvalue weighted by molar-refractivity contribution is 8.01. The number of hydrogen-bond donors (Lipinski definition) is 2. The molecule has 1 aliphatic heterocycles. The number of fused-ring (bicyclic) bond motifs is 1. The molecule has 4 rings (SSSR count). The molecule has 0 radical (unpaired) electrons. The number of nitrogens with zero attached hydrogens (tertiary/aromatic N) is 2. The number of piperidine rings is 1. The fraction of sp³-hybridized carbons (Fsp3) is 0.462. The van der Waals surface area contributed by atoms with Gasteiger partial charge in [-0.05, 0) is 86.5 Å². The highest BCUT2D eigenvalue weighted by Gasteiger charge is 2.41. The van der Waals surface area contributed by atoms with Gasteiger partial charge in [0.2, 0.25) is 0 Å². The third-order valence-electron chi connectivity index (χ3n) is 6.96. The Hall–Kier alpha value is -2.13. The second-order valence-corrected chi connectivity index (χ2v) is 11.3. The summed E-state index contributed by atoms with van der Waals surface area (Å²) >= 11 is 3.61. The number of methoxy groups -OCH3 is 1. The van der Waals surface area contributed by atoms with Crippen LogP contribution in [0.15, 0.2) is 46.1 Å². The Morgan fingerprint density at radius 1 is 1.32 bits per heavy atom. The van der Waals surface area contributed by atoms with E-state index in [9.17, 15) is 15.0 Å². The van der Waals surface area contributed by atoms with Gasteiger partial charge >= 0.3 is 5.97 Å². The van der Waals surface area contributed by atoms with Crippen LogP contribution in [0.5, 0.6) is 5.75 Å². The number of aliphatic hydroxyl groups is 1. The summed E-state index contributed by atoms with van der Waals surface area (Å²) in [6.07, 6.45) is 3.10. The molecule has 2 N–H and O–H groups in total. The number of aryl methyl sites for hydroxylation is 1. The molecule has 1 atom stereocenters. The maximum Gasteiger partial charge on any atom is 0.309 e. The van der Waals surface area contributed by atoms with Gasteiger partial charge < -0.3 is 19.8 Å². The molecule has 6 nitrogen and oxygen atoms in total. The van der Waals surface area contributed by atoms with E-state index in [4.69, 9.17) is 4.74 Å². The quantitative estimate of drug-likeness (QED) is 0.361. The summed E-state index contributed by atoms with van der Waals surface area (Å²) in [6.45, 7) is 4.46. The van der Waals surface area contributed by atoms with E-state index in [2.05, 4.69) is 27.4 Å². The zero-order chi connectivity index (χ0) is 24.1. The molecule has 0 bridgehead atoms. The number of carboxylic acid groups (broad SMARTS) is 1. The Balaban J connectivity index is 1.39. The molecule has 0 saturated carbocycles. The topological polar surface area (TPSA) is 82.9 Å². The molecule has 0 amide bonds. The molecule has 1 saturated heterocycles. The molecular formula is C26H32N2O4S2. The molecule has 3 heterocycles. The third kappa shape index (κ3) is 5.57. The Kier molecular flexibility index (Phi) is 8.14. The van der Waals surface area contributed by atoms with Gasteiger partial charge in [0, 0.05) is 23.9 Å². The Bertz CT molecular complexity index is 1110. The SMILES string of the molecule is COc1ccc2ncc(C)c([C@H](O)CCC3(C(=O)O)CCN(CCSc4cccs4)CC3)c2c1. The van der Waals surface area contributed by atoms with Crippen LogP contribution < -0.4 is 4.74 Å². The van der Waals surface area contributed by atoms with Gasteiger partial charge in [0.25, 0.3) is 0 Å². The molecule has 0 spiro atoms. The lowest BCUT2D eigenvalue weighted by Gasteiger charge is -2.39. The van der Waals surface area contributed by atoms with Crippen molar-refractivity contribution in [2.75, 3.05) is 32.5 Å². The number of rotatable bonds is 10. The first kappa shape index (κ1) is 25.0. The van der Waals surface area contributed by atoms with Crippen molar-refractivity contribution < 1.29 is 19.7 Å². The van der Waals surface area contributed by atoms with E-state index in [-0.39, 0.29) is 0 Å². The molecule has 3 aromatic rings. The summed E-state index contributed by atoms with van der Waals surface area (Å²) in [4.78, 5) is 19.2. The molecule has 0 aliphatic carbocycles. The number of carbonyl (C=O) groups is 1. The number of thioether (sulfide) groups is 1. The zero-order valence-electron chi connectivity index (χ0n) is 19.7. The largest absolute Gasteiger partial charge is 0.497 e. The fourth-order valence-corrected chi connectivity index (χ4v) is 6.68. The van der Waals surface area contributed by atoms with Gasteiger partial charge in [0.1, 0.15) is 5.75 Å². The first-order valence-electron chi connectivity index (χ1n) is 11.7. The van der Waals surface area contributed by atoms with Crippen LogP contribution in [-0.2, 0) is 4.79 Å². The molecule has 34 heavy (non-hydrogen) atoms. The van der Waals surface area contributed by atoms with Crippen LogP contribution in [0.1, 0.15) is 42.9 Å². The van der Waals surface area contributed by atoms with Crippen molar-refractivity contribution in [1.82, 2.24) is 9.88 Å². The Morgan fingerprint density at radius 2 is 2.12 bits per heavy atom. The molecule has 1 aliphatic rings. The fourth-order valence-electron chi connectivity index (χ4n) is 4.81. The number of hydrogen-bond acceptors (Lipinski definition) is 7. The summed E-state index contributed by atoms with van der Waals surface area (Å²) in [5.41, 5.74) is 1.72. The summed E-state index contributed by atoms with van der Waals surface area (Å²) in [6, 6.07) is 9.84. The normalized spacial score (nSPS) is 17.0. The highest BCUT2D eigenvalue weighted by atomic mass is 32.2. The highest BCUT2D eigenvalue weighted by Crippen LogP contribution is 2.40. The van der Waals surface area contributed by atoms with E-state index in [1.54, 1.807) is 24.6 Å². The van der Waals surface area contributed by atoms with Crippen molar-refractivity contribution in [1.29, 1.82) is 0 Å². The first-order chi connectivity index (χ1) is 16.4. The monoisotopic (exact) mass is 500 g/mol. The number of aliphatic hydroxyl groups excluding tert-OH is 1. The predicted octanol–water partition coefficient (Wildman–Crippen LogP) is 5.39. The van der Waals surface area contributed by atoms with Gasteiger partial charge in [-0.25, -0.2) is 0 Å². The van der Waals surface area contributed by atoms with Gasteiger partial charge in [0.15, 0.2) is 0 Å². The van der Waals surface area contributed by atoms with Gasteiger partial charge in [0.05, 0.1) is 28.4 Å². The lowest BCUT2D eigenvalue weighted by Crippen LogP contribution is -2.45. The summed E-state index contributed by atoms with van der Waals surface area (Å²) in [5, 5.41) is 24.2. The maximum absolute atomic E-state index is 12.3. The van der Waals surface area contributed by atoms with Crippen LogP contribution in [0.25, 0.3) is 10.9 Å². The summed E-state index contributed by atoms with van der Waals surface area (Å²) < 4.78 is 6.69. The maximum atomic E-state index is 12.3. The molecule has 8 heteroatoms. The zero-order valence-corrected chi connectivity index (χ0v) is 21.3. The number of aromatic nitrogens is 1. The average molecular weight is 501 g/mol. The number of ether oxygens (including phenoxy) is 1. The second kappa shape index (κ2) is 11.1. The lowest BCUT2D eigenvalue weighted by atomic mass is 9.74. The molecule has 0 unspecified atom stereocenters. The van der Waals surface area contributed by atoms with Crippen molar-refractivity contribution in [3.8, 4) is 5.75 Å². The smallest absolute Gasteiger partial charge is 0.309 e. The van der Waals surface area contributed by atoms with E-state index in [1.165, 1.54) is 4.21 Å². The van der Waals surface area contributed by atoms with Gasteiger partial charge in [-0.2, -0.15) is 0 Å². The van der Waals surface area contributed by atoms with Gasteiger partial charge in [-0.3, -0.25) is 9.78 Å². The van der Waals surface area contributed by atoms with Crippen LogP contribution in [-0.4, -0.2) is 58.6 Å². The Labute approximate surface area is 209 Å². The van der Waals surface area contributed by atoms with E-state index in [0.29, 0.717) is 31.4 Å². The van der Waals surface area contributed by atoms with Crippen LogP contribution in [0.3, 0.4) is 0 Å².